The lowest BCUT2D eigenvalue weighted by atomic mass is 10.1. The molecule has 2 aromatic carbocycles. The number of benzene rings is 2. The van der Waals surface area contributed by atoms with Gasteiger partial charge >= 0.3 is 0 Å². The predicted molar refractivity (Wildman–Crippen MR) is 121 cm³/mol. The van der Waals surface area contributed by atoms with Crippen molar-refractivity contribution in [1.29, 1.82) is 0 Å². The lowest BCUT2D eigenvalue weighted by Crippen LogP contribution is -2.52. The Labute approximate surface area is 202 Å². The fraction of sp³-hybridized carbons (Fsp3) is 0.333. The molecule has 1 saturated heterocycles. The van der Waals surface area contributed by atoms with Crippen molar-refractivity contribution in [3.63, 3.8) is 0 Å². The van der Waals surface area contributed by atoms with Crippen LogP contribution in [-0.4, -0.2) is 47.3 Å². The molecule has 12 heteroatoms. The van der Waals surface area contributed by atoms with E-state index in [4.69, 9.17) is 38.4 Å². The summed E-state index contributed by atoms with van der Waals surface area (Å²) < 4.78 is 51.3. The first-order valence-corrected chi connectivity index (χ1v) is 11.5. The van der Waals surface area contributed by atoms with Gasteiger partial charge in [0.15, 0.2) is 23.7 Å². The number of hydrogen-bond donors (Lipinski definition) is 4. The van der Waals surface area contributed by atoms with Gasteiger partial charge in [0.05, 0.1) is 22.3 Å². The molecule has 0 aromatic heterocycles. The molecule has 33 heavy (non-hydrogen) atoms. The van der Waals surface area contributed by atoms with E-state index >= 15 is 0 Å². The summed E-state index contributed by atoms with van der Waals surface area (Å²) in [6.45, 7) is -0.346. The highest BCUT2D eigenvalue weighted by molar-refractivity contribution is 7.99. The molecule has 0 bridgehead atoms. The molecule has 0 radical (unpaired) electrons. The molecule has 4 unspecified atom stereocenters. The van der Waals surface area contributed by atoms with Crippen molar-refractivity contribution in [2.24, 2.45) is 5.73 Å². The van der Waals surface area contributed by atoms with Crippen LogP contribution in [0.25, 0.3) is 5.70 Å². The molecule has 1 aliphatic rings. The van der Waals surface area contributed by atoms with Crippen molar-refractivity contribution < 1.29 is 32.9 Å². The van der Waals surface area contributed by atoms with E-state index in [9.17, 15) is 23.4 Å². The third-order valence-corrected chi connectivity index (χ3v) is 6.70. The van der Waals surface area contributed by atoms with Gasteiger partial charge in [-0.25, -0.2) is 13.2 Å². The Morgan fingerprint density at radius 3 is 2.42 bits per heavy atom. The third-order valence-electron chi connectivity index (χ3n) is 4.72. The van der Waals surface area contributed by atoms with Gasteiger partial charge in [0, 0.05) is 24.1 Å². The van der Waals surface area contributed by atoms with Crippen LogP contribution in [0.3, 0.4) is 0 Å². The molecule has 1 aliphatic heterocycles. The molecule has 1 heterocycles. The van der Waals surface area contributed by atoms with Crippen molar-refractivity contribution in [3.8, 4) is 0 Å². The Morgan fingerprint density at radius 1 is 1.09 bits per heavy atom. The fourth-order valence-corrected chi connectivity index (χ4v) is 4.43. The van der Waals surface area contributed by atoms with E-state index in [1.54, 1.807) is 18.2 Å². The minimum absolute atomic E-state index is 0.0432. The minimum atomic E-state index is -1.58. The molecule has 3 rings (SSSR count). The summed E-state index contributed by atoms with van der Waals surface area (Å²) >= 11 is 13.3. The summed E-state index contributed by atoms with van der Waals surface area (Å²) in [6.07, 6.45) is -1.69. The summed E-state index contributed by atoms with van der Waals surface area (Å²) in [5.74, 6) is -3.83. The Hall–Kier alpha value is -1.66. The van der Waals surface area contributed by atoms with Crippen LogP contribution in [0.15, 0.2) is 36.5 Å². The van der Waals surface area contributed by atoms with Gasteiger partial charge < -0.3 is 30.7 Å². The topological polar surface area (TPSA) is 97.0 Å². The zero-order chi connectivity index (χ0) is 24.1. The largest absolute Gasteiger partial charge is 0.397 e. The normalized spacial score (nSPS) is 23.5. The molecule has 0 amide bonds. The molecule has 4 atom stereocenters. The van der Waals surface area contributed by atoms with E-state index in [-0.39, 0.29) is 17.8 Å². The van der Waals surface area contributed by atoms with Gasteiger partial charge in [-0.2, -0.15) is 0 Å². The van der Waals surface area contributed by atoms with Gasteiger partial charge in [-0.05, 0) is 29.8 Å². The van der Waals surface area contributed by atoms with Gasteiger partial charge in [-0.3, -0.25) is 0 Å². The van der Waals surface area contributed by atoms with Gasteiger partial charge in [-0.15, -0.1) is 11.8 Å². The number of thioether (sulfide) groups is 1. The van der Waals surface area contributed by atoms with Crippen molar-refractivity contribution in [1.82, 2.24) is 5.32 Å². The molecule has 5 N–H and O–H groups in total. The molecule has 0 aliphatic carbocycles. The van der Waals surface area contributed by atoms with Crippen LogP contribution in [0.4, 0.5) is 13.2 Å². The number of aliphatic hydroxyl groups is 2. The number of nitrogens with one attached hydrogen (secondary N) is 1. The Kier molecular flexibility index (Phi) is 9.17. The first-order chi connectivity index (χ1) is 15.7. The van der Waals surface area contributed by atoms with E-state index in [0.29, 0.717) is 15.8 Å². The van der Waals surface area contributed by atoms with Crippen molar-refractivity contribution >= 4 is 40.7 Å². The maximum Gasteiger partial charge on any atom is 0.194 e. The predicted octanol–water partition coefficient (Wildman–Crippen LogP) is 3.61. The average Bonchev–Trinajstić information content (AvgIpc) is 2.78. The van der Waals surface area contributed by atoms with Crippen LogP contribution in [0.5, 0.6) is 0 Å². The summed E-state index contributed by atoms with van der Waals surface area (Å²) in [6, 6.07) is 6.75. The van der Waals surface area contributed by atoms with E-state index in [1.165, 1.54) is 18.0 Å². The number of aliphatic hydroxyl groups excluding tert-OH is 2. The van der Waals surface area contributed by atoms with Crippen LogP contribution in [-0.2, 0) is 15.2 Å². The van der Waals surface area contributed by atoms with E-state index < -0.39 is 48.0 Å². The number of nitrogens with two attached hydrogens (primary N) is 1. The molecular formula is C21H21Cl2F3N2O4S. The molecule has 6 nitrogen and oxygen atoms in total. The highest BCUT2D eigenvalue weighted by Gasteiger charge is 2.37. The second-order valence-corrected chi connectivity index (χ2v) is 9.01. The summed E-state index contributed by atoms with van der Waals surface area (Å²) in [4.78, 5) is 0. The first kappa shape index (κ1) is 26.0. The maximum atomic E-state index is 13.4. The number of rotatable bonds is 8. The Balaban J connectivity index is 1.66. The number of hydrogen-bond acceptors (Lipinski definition) is 7. The third kappa shape index (κ3) is 6.69. The Morgan fingerprint density at radius 2 is 1.79 bits per heavy atom. The van der Waals surface area contributed by atoms with Gasteiger partial charge in [0.25, 0.3) is 0 Å². The number of ether oxygens (including phenoxy) is 2. The summed E-state index contributed by atoms with van der Waals surface area (Å²) in [5.41, 5.74) is 6.01. The zero-order valence-electron chi connectivity index (χ0n) is 17.0. The second-order valence-electron chi connectivity index (χ2n) is 7.11. The molecule has 0 saturated carbocycles. The molecular weight excluding hydrogens is 504 g/mol. The van der Waals surface area contributed by atoms with Crippen LogP contribution >= 0.6 is 35.0 Å². The molecule has 180 valence electrons. The SMILES string of the molecule is N/C(=C\NCC1OC(O)C(CO)OC1SCc1ccc(Cl)c(Cl)c1)c1cc(F)c(F)c(F)c1. The van der Waals surface area contributed by atoms with Crippen LogP contribution in [0.2, 0.25) is 10.0 Å². The van der Waals surface area contributed by atoms with Gasteiger partial charge in [0.1, 0.15) is 17.6 Å². The smallest absolute Gasteiger partial charge is 0.194 e. The van der Waals surface area contributed by atoms with Gasteiger partial charge in [-0.1, -0.05) is 29.3 Å². The Bertz CT molecular complexity index is 994. The van der Waals surface area contributed by atoms with Crippen molar-refractivity contribution in [3.05, 3.63) is 75.2 Å². The first-order valence-electron chi connectivity index (χ1n) is 9.69. The lowest BCUT2D eigenvalue weighted by molar-refractivity contribution is -0.270. The summed E-state index contributed by atoms with van der Waals surface area (Å²) in [7, 11) is 0. The lowest BCUT2D eigenvalue weighted by Gasteiger charge is -2.38. The highest BCUT2D eigenvalue weighted by atomic mass is 35.5. The molecule has 0 spiro atoms. The second kappa shape index (κ2) is 11.7. The monoisotopic (exact) mass is 524 g/mol. The maximum absolute atomic E-state index is 13.4. The fourth-order valence-electron chi connectivity index (χ4n) is 2.98. The van der Waals surface area contributed by atoms with Crippen molar-refractivity contribution in [2.75, 3.05) is 13.2 Å². The van der Waals surface area contributed by atoms with E-state index in [1.807, 2.05) is 0 Å². The van der Waals surface area contributed by atoms with Crippen molar-refractivity contribution in [2.45, 2.75) is 29.7 Å². The van der Waals surface area contributed by atoms with Crippen LogP contribution < -0.4 is 11.1 Å². The average molecular weight is 525 g/mol. The van der Waals surface area contributed by atoms with E-state index in [2.05, 4.69) is 5.32 Å². The minimum Gasteiger partial charge on any atom is -0.397 e. The molecule has 2 aromatic rings. The molecule has 1 fully saturated rings. The van der Waals surface area contributed by atoms with E-state index in [0.717, 1.165) is 17.7 Å². The van der Waals surface area contributed by atoms with Gasteiger partial charge in [0.2, 0.25) is 0 Å². The van der Waals surface area contributed by atoms with Crippen LogP contribution in [0, 0.1) is 17.5 Å². The zero-order valence-corrected chi connectivity index (χ0v) is 19.3. The highest BCUT2D eigenvalue weighted by Crippen LogP contribution is 2.31. The summed E-state index contributed by atoms with van der Waals surface area (Å²) in [5, 5.41) is 23.2. The quantitative estimate of drug-likeness (QED) is 0.391. The standard InChI is InChI=1S/C21H21Cl2F3N2O4S/c22-12-2-1-10(3-13(12)23)9-33-21-17(31-20(30)18(8-29)32-21)7-28-6-16(27)11-4-14(24)19(26)15(25)5-11/h1-6,17-18,20-21,28-30H,7-9,27H2/b16-6-. The van der Waals surface area contributed by atoms with Crippen LogP contribution in [0.1, 0.15) is 11.1 Å². The number of halogens is 5.